The molecule has 5 nitrogen and oxygen atoms in total. The molecule has 0 amide bonds. The summed E-state index contributed by atoms with van der Waals surface area (Å²) in [5.41, 5.74) is 0. The van der Waals surface area contributed by atoms with Crippen molar-refractivity contribution in [1.82, 2.24) is 9.13 Å². The van der Waals surface area contributed by atoms with Crippen molar-refractivity contribution >= 4 is 0 Å². The number of rotatable bonds is 8. The van der Waals surface area contributed by atoms with Crippen molar-refractivity contribution in [3.05, 3.63) is 37.4 Å². The maximum absolute atomic E-state index is 7.32. The largest absolute Gasteiger partial charge is 1.00 e. The van der Waals surface area contributed by atoms with Crippen molar-refractivity contribution in [3.8, 4) is 6.07 Å². The molecule has 0 radical (unpaired) electrons. The van der Waals surface area contributed by atoms with Gasteiger partial charge in [0.15, 0.2) is 0 Å². The first-order valence-corrected chi connectivity index (χ1v) is 8.13. The predicted octanol–water partition coefficient (Wildman–Crippen LogP) is -3.49. The van der Waals surface area contributed by atoms with Gasteiger partial charge in [0, 0.05) is 6.92 Å². The minimum absolute atomic E-state index is 0. The lowest BCUT2D eigenvalue weighted by molar-refractivity contribution is -0.912. The molecule has 0 atom stereocenters. The lowest BCUT2D eigenvalue weighted by Gasteiger charge is -1.94. The molecule has 0 aromatic carbocycles. The highest BCUT2D eigenvalue weighted by atomic mass is 127. The number of aryl methyl sites for hydroxylation is 2. The number of hydrogen-bond donors (Lipinski definition) is 0. The average Bonchev–Trinajstić information content (AvgIpc) is 3.14. The van der Waals surface area contributed by atoms with Crippen LogP contribution in [-0.2, 0) is 19.8 Å². The minimum Gasteiger partial charge on any atom is -1.00 e. The molecule has 2 aromatic rings. The molecule has 0 aliphatic rings. The van der Waals surface area contributed by atoms with Crippen LogP contribution in [0.25, 0.3) is 0 Å². The molecule has 7 heteroatoms. The van der Waals surface area contributed by atoms with E-state index >= 15 is 0 Å². The number of unbranched alkanes of at least 4 members (excludes halogenated alkanes) is 2. The zero-order valence-electron chi connectivity index (χ0n) is 14.9. The Hall–Kier alpha value is -0.630. The molecule has 0 fully saturated rings. The van der Waals surface area contributed by atoms with Gasteiger partial charge in [0.1, 0.15) is 24.8 Å². The SMILES string of the molecule is CC#N.CCCCn1cc[n+](C[n+]2ccn(CCCC)c2)c1.[I-].[I-]. The van der Waals surface area contributed by atoms with Gasteiger partial charge in [-0.05, 0) is 12.8 Å². The molecular weight excluding hydrogens is 528 g/mol. The van der Waals surface area contributed by atoms with Gasteiger partial charge in [0.2, 0.25) is 19.3 Å². The van der Waals surface area contributed by atoms with Crippen LogP contribution in [0.5, 0.6) is 0 Å². The molecule has 2 aromatic heterocycles. The molecule has 0 saturated carbocycles. The van der Waals surface area contributed by atoms with E-state index in [2.05, 4.69) is 69.6 Å². The highest BCUT2D eigenvalue weighted by molar-refractivity contribution is 4.67. The molecule has 0 bridgehead atoms. The smallest absolute Gasteiger partial charge is 0.246 e. The van der Waals surface area contributed by atoms with Gasteiger partial charge in [-0.1, -0.05) is 26.7 Å². The second kappa shape index (κ2) is 15.9. The van der Waals surface area contributed by atoms with Gasteiger partial charge in [-0.3, -0.25) is 0 Å². The summed E-state index contributed by atoms with van der Waals surface area (Å²) in [5.74, 6) is 0. The fourth-order valence-electron chi connectivity index (χ4n) is 2.18. The maximum Gasteiger partial charge on any atom is 0.246 e. The summed E-state index contributed by atoms with van der Waals surface area (Å²) in [4.78, 5) is 0. The van der Waals surface area contributed by atoms with Crippen molar-refractivity contribution < 1.29 is 57.1 Å². The third kappa shape index (κ3) is 10.3. The molecule has 24 heavy (non-hydrogen) atoms. The van der Waals surface area contributed by atoms with Crippen LogP contribution in [0.2, 0.25) is 0 Å². The first-order valence-electron chi connectivity index (χ1n) is 8.13. The Bertz CT molecular complexity index is 527. The van der Waals surface area contributed by atoms with Crippen molar-refractivity contribution in [2.75, 3.05) is 0 Å². The van der Waals surface area contributed by atoms with Crippen LogP contribution in [0, 0.1) is 11.3 Å². The predicted molar refractivity (Wildman–Crippen MR) is 85.8 cm³/mol. The van der Waals surface area contributed by atoms with Crippen molar-refractivity contribution in [2.45, 2.75) is 66.2 Å². The van der Waals surface area contributed by atoms with Crippen molar-refractivity contribution in [2.24, 2.45) is 0 Å². The molecule has 0 N–H and O–H groups in total. The third-order valence-corrected chi connectivity index (χ3v) is 3.36. The summed E-state index contributed by atoms with van der Waals surface area (Å²) in [7, 11) is 0. The van der Waals surface area contributed by atoms with Gasteiger partial charge in [-0.25, -0.2) is 9.13 Å². The number of hydrogen-bond acceptors (Lipinski definition) is 1. The standard InChI is InChI=1S/C15H26N4.C2H3N.2HI/c1-3-5-7-16-9-11-18(13-16)15-19-12-10-17(14-19)8-6-4-2;1-2-3;;/h9-14H,3-8,15H2,1-2H3;1H3;2*1H/q+2;;;/p-2. The Balaban J connectivity index is 0. The quantitative estimate of drug-likeness (QED) is 0.246. The Morgan fingerprint density at radius 1 is 0.875 bits per heavy atom. The Kier molecular flexibility index (Phi) is 16.9. The van der Waals surface area contributed by atoms with E-state index in [1.807, 2.05) is 0 Å². The van der Waals surface area contributed by atoms with Crippen LogP contribution in [0.4, 0.5) is 0 Å². The van der Waals surface area contributed by atoms with Crippen molar-refractivity contribution in [3.63, 3.8) is 0 Å². The Morgan fingerprint density at radius 2 is 1.25 bits per heavy atom. The van der Waals surface area contributed by atoms with Crippen LogP contribution >= 0.6 is 0 Å². The van der Waals surface area contributed by atoms with E-state index in [0.29, 0.717) is 0 Å². The Labute approximate surface area is 180 Å². The van der Waals surface area contributed by atoms with E-state index in [-0.39, 0.29) is 48.0 Å². The fourth-order valence-corrected chi connectivity index (χ4v) is 2.18. The second-order valence-corrected chi connectivity index (χ2v) is 5.40. The highest BCUT2D eigenvalue weighted by Gasteiger charge is 2.08. The monoisotopic (exact) mass is 557 g/mol. The average molecular weight is 557 g/mol. The van der Waals surface area contributed by atoms with E-state index in [1.165, 1.54) is 32.6 Å². The van der Waals surface area contributed by atoms with Gasteiger partial charge in [0.05, 0.1) is 19.2 Å². The van der Waals surface area contributed by atoms with E-state index < -0.39 is 0 Å². The second-order valence-electron chi connectivity index (χ2n) is 5.40. The summed E-state index contributed by atoms with van der Waals surface area (Å²) in [6, 6.07) is 1.75. The number of aromatic nitrogens is 4. The molecule has 0 unspecified atom stereocenters. The molecule has 136 valence electrons. The summed E-state index contributed by atoms with van der Waals surface area (Å²) in [6.45, 7) is 9.01. The molecule has 0 saturated heterocycles. The van der Waals surface area contributed by atoms with Gasteiger partial charge in [-0.15, -0.1) is 0 Å². The number of halogens is 2. The zero-order chi connectivity index (χ0) is 16.2. The highest BCUT2D eigenvalue weighted by Crippen LogP contribution is 1.94. The first kappa shape index (κ1) is 25.6. The minimum atomic E-state index is 0. The molecule has 0 spiro atoms. The summed E-state index contributed by atoms with van der Waals surface area (Å²) in [5, 5.41) is 7.32. The van der Waals surface area contributed by atoms with E-state index in [4.69, 9.17) is 5.26 Å². The molecule has 2 heterocycles. The van der Waals surface area contributed by atoms with Crippen molar-refractivity contribution in [1.29, 1.82) is 5.26 Å². The first-order chi connectivity index (χ1) is 10.7. The lowest BCUT2D eigenvalue weighted by atomic mass is 10.3. The molecule has 0 aliphatic carbocycles. The Morgan fingerprint density at radius 3 is 1.58 bits per heavy atom. The van der Waals surface area contributed by atoms with Gasteiger partial charge in [0.25, 0.3) is 0 Å². The van der Waals surface area contributed by atoms with Crippen LogP contribution in [0.15, 0.2) is 37.4 Å². The van der Waals surface area contributed by atoms with E-state index in [9.17, 15) is 0 Å². The topological polar surface area (TPSA) is 41.4 Å². The summed E-state index contributed by atoms with van der Waals surface area (Å²) in [6.07, 6.45) is 18.0. The van der Waals surface area contributed by atoms with Gasteiger partial charge >= 0.3 is 0 Å². The van der Waals surface area contributed by atoms with Gasteiger partial charge < -0.3 is 48.0 Å². The number of nitriles is 1. The lowest BCUT2D eigenvalue weighted by Crippen LogP contribution is -3.00. The summed E-state index contributed by atoms with van der Waals surface area (Å²) >= 11 is 0. The fraction of sp³-hybridized carbons (Fsp3) is 0.588. The molecule has 2 rings (SSSR count). The van der Waals surface area contributed by atoms with E-state index in [0.717, 1.165) is 19.8 Å². The van der Waals surface area contributed by atoms with Crippen LogP contribution in [0.1, 0.15) is 46.5 Å². The third-order valence-electron chi connectivity index (χ3n) is 3.36. The number of nitrogens with zero attached hydrogens (tertiary/aromatic N) is 5. The van der Waals surface area contributed by atoms with Crippen LogP contribution < -0.4 is 57.1 Å². The maximum atomic E-state index is 7.32. The molecular formula is C17H29I2N5. The van der Waals surface area contributed by atoms with E-state index in [1.54, 1.807) is 6.07 Å². The number of imidazole rings is 2. The van der Waals surface area contributed by atoms with Gasteiger partial charge in [-0.2, -0.15) is 14.4 Å². The zero-order valence-corrected chi connectivity index (χ0v) is 19.2. The normalized spacial score (nSPS) is 9.08. The van der Waals surface area contributed by atoms with Crippen LogP contribution in [0.3, 0.4) is 0 Å². The summed E-state index contributed by atoms with van der Waals surface area (Å²) < 4.78 is 8.97. The molecule has 0 aliphatic heterocycles. The van der Waals surface area contributed by atoms with Crippen LogP contribution in [-0.4, -0.2) is 9.13 Å².